The maximum atomic E-state index is 12.2. The number of furan rings is 1. The van der Waals surface area contributed by atoms with E-state index in [1.807, 2.05) is 0 Å². The average molecular weight is 339 g/mol. The Morgan fingerprint density at radius 1 is 1.33 bits per heavy atom. The van der Waals surface area contributed by atoms with Crippen LogP contribution in [0.15, 0.2) is 16.5 Å². The van der Waals surface area contributed by atoms with Crippen LogP contribution >= 0.6 is 23.5 Å². The zero-order valence-corrected chi connectivity index (χ0v) is 12.8. The van der Waals surface area contributed by atoms with Gasteiger partial charge in [-0.3, -0.25) is 9.36 Å². The van der Waals surface area contributed by atoms with Gasteiger partial charge in [-0.05, 0) is 26.0 Å². The van der Waals surface area contributed by atoms with Gasteiger partial charge < -0.3 is 13.5 Å². The van der Waals surface area contributed by atoms with Crippen LogP contribution in [0.1, 0.15) is 30.2 Å². The number of hydrogen-bond acceptors (Lipinski definition) is 5. The van der Waals surface area contributed by atoms with Gasteiger partial charge in [0.15, 0.2) is 5.76 Å². The minimum absolute atomic E-state index is 0.0320. The Balaban J connectivity index is 2.78. The van der Waals surface area contributed by atoms with E-state index in [1.54, 1.807) is 26.0 Å². The molecule has 5 nitrogen and oxygen atoms in total. The minimum atomic E-state index is -3.18. The molecule has 0 amide bonds. The van der Waals surface area contributed by atoms with Crippen molar-refractivity contribution < 1.29 is 22.8 Å². The van der Waals surface area contributed by atoms with Gasteiger partial charge in [0.25, 0.3) is 0 Å². The molecule has 0 aromatic carbocycles. The van der Waals surface area contributed by atoms with Gasteiger partial charge in [-0.2, -0.15) is 0 Å². The molecule has 0 aliphatic heterocycles. The Labute approximate surface area is 114 Å². The van der Waals surface area contributed by atoms with Crippen LogP contribution in [0, 0.1) is 0 Å². The van der Waals surface area contributed by atoms with Crippen LogP contribution in [-0.2, 0) is 19.8 Å². The summed E-state index contributed by atoms with van der Waals surface area (Å²) in [6.45, 7) is 4.08. The van der Waals surface area contributed by atoms with Crippen LogP contribution in [0.2, 0.25) is 0 Å². The molecular formula is C11H16BrO5P. The van der Waals surface area contributed by atoms with E-state index in [-0.39, 0.29) is 23.0 Å². The zero-order chi connectivity index (χ0) is 13.6. The molecule has 1 heterocycles. The molecule has 1 aromatic rings. The van der Waals surface area contributed by atoms with Gasteiger partial charge in [0.2, 0.25) is 5.78 Å². The molecule has 0 fully saturated rings. The Bertz CT molecular complexity index is 432. The lowest BCUT2D eigenvalue weighted by Gasteiger charge is -2.15. The number of alkyl halides is 1. The van der Waals surface area contributed by atoms with Gasteiger partial charge in [-0.25, -0.2) is 0 Å². The van der Waals surface area contributed by atoms with E-state index < -0.39 is 7.60 Å². The molecule has 0 radical (unpaired) electrons. The van der Waals surface area contributed by atoms with Crippen LogP contribution in [0.25, 0.3) is 0 Å². The average Bonchev–Trinajstić information content (AvgIpc) is 2.76. The molecule has 0 aliphatic carbocycles. The number of hydrogen-bond donors (Lipinski definition) is 0. The van der Waals surface area contributed by atoms with Gasteiger partial charge in [0.05, 0.1) is 18.5 Å². The van der Waals surface area contributed by atoms with Crippen molar-refractivity contribution in [2.45, 2.75) is 20.0 Å². The first-order valence-electron chi connectivity index (χ1n) is 5.60. The highest BCUT2D eigenvalue weighted by Gasteiger charge is 2.26. The predicted molar refractivity (Wildman–Crippen MR) is 71.4 cm³/mol. The summed E-state index contributed by atoms with van der Waals surface area (Å²) in [5.41, 5.74) is 0. The molecular weight excluding hydrogens is 323 g/mol. The smallest absolute Gasteiger partial charge is 0.338 e. The lowest BCUT2D eigenvalue weighted by molar-refractivity contribution is 0.0991. The maximum absolute atomic E-state index is 12.2. The quantitative estimate of drug-likeness (QED) is 0.411. The van der Waals surface area contributed by atoms with Crippen molar-refractivity contribution in [1.82, 2.24) is 0 Å². The Hall–Kier alpha value is -0.420. The first-order chi connectivity index (χ1) is 8.54. The topological polar surface area (TPSA) is 65.7 Å². The van der Waals surface area contributed by atoms with Crippen LogP contribution in [0.4, 0.5) is 0 Å². The molecule has 0 bridgehead atoms. The molecule has 1 rings (SSSR count). The first-order valence-corrected chi connectivity index (χ1v) is 8.45. The van der Waals surface area contributed by atoms with E-state index in [2.05, 4.69) is 15.9 Å². The Morgan fingerprint density at radius 3 is 2.44 bits per heavy atom. The standard InChI is InChI=1S/C11H16BrO5P/c1-3-15-18(14,16-4-2)8-9-5-6-11(17-9)10(13)7-12/h5-6H,3-4,7-8H2,1-2H3. The number of carbonyl (C=O) groups excluding carboxylic acids is 1. The number of rotatable bonds is 8. The van der Waals surface area contributed by atoms with Gasteiger partial charge in [0, 0.05) is 0 Å². The highest BCUT2D eigenvalue weighted by atomic mass is 79.9. The fraction of sp³-hybridized carbons (Fsp3) is 0.545. The van der Waals surface area contributed by atoms with Crippen LogP contribution in [0.5, 0.6) is 0 Å². The number of carbonyl (C=O) groups is 1. The first kappa shape index (κ1) is 15.6. The second kappa shape index (κ2) is 7.24. The summed E-state index contributed by atoms with van der Waals surface area (Å²) < 4.78 is 27.8. The molecule has 0 aliphatic rings. The molecule has 0 unspecified atom stereocenters. The fourth-order valence-corrected chi connectivity index (χ4v) is 3.26. The zero-order valence-electron chi connectivity index (χ0n) is 10.3. The molecule has 0 saturated carbocycles. The molecule has 1 aromatic heterocycles. The highest BCUT2D eigenvalue weighted by molar-refractivity contribution is 9.09. The molecule has 0 atom stereocenters. The molecule has 18 heavy (non-hydrogen) atoms. The third-order valence-electron chi connectivity index (χ3n) is 2.06. The lowest BCUT2D eigenvalue weighted by Crippen LogP contribution is -1.99. The van der Waals surface area contributed by atoms with Crippen molar-refractivity contribution >= 4 is 29.3 Å². The van der Waals surface area contributed by atoms with Crippen molar-refractivity contribution in [2.75, 3.05) is 18.5 Å². The summed E-state index contributed by atoms with van der Waals surface area (Å²) in [5, 5.41) is 0.189. The van der Waals surface area contributed by atoms with Crippen molar-refractivity contribution in [3.63, 3.8) is 0 Å². The van der Waals surface area contributed by atoms with Crippen LogP contribution in [-0.4, -0.2) is 24.3 Å². The summed E-state index contributed by atoms with van der Waals surface area (Å²) in [7, 11) is -3.18. The summed E-state index contributed by atoms with van der Waals surface area (Å²) >= 11 is 3.06. The van der Waals surface area contributed by atoms with Gasteiger partial charge >= 0.3 is 7.60 Å². The molecule has 0 saturated heterocycles. The number of ketones is 1. The molecule has 7 heteroatoms. The Morgan fingerprint density at radius 2 is 1.94 bits per heavy atom. The van der Waals surface area contributed by atoms with Crippen LogP contribution in [0.3, 0.4) is 0 Å². The summed E-state index contributed by atoms with van der Waals surface area (Å²) in [6.07, 6.45) is 0.0320. The largest absolute Gasteiger partial charge is 0.457 e. The predicted octanol–water partition coefficient (Wildman–Crippen LogP) is 3.62. The van der Waals surface area contributed by atoms with E-state index in [9.17, 15) is 9.36 Å². The van der Waals surface area contributed by atoms with E-state index in [1.165, 1.54) is 0 Å². The van der Waals surface area contributed by atoms with E-state index >= 15 is 0 Å². The summed E-state index contributed by atoms with van der Waals surface area (Å²) in [4.78, 5) is 11.4. The van der Waals surface area contributed by atoms with Gasteiger partial charge in [-0.15, -0.1) is 0 Å². The second-order valence-electron chi connectivity index (χ2n) is 3.43. The molecule has 0 spiro atoms. The number of halogens is 1. The number of Topliss-reactive ketones (excluding diaryl/α,β-unsaturated/α-hetero) is 1. The maximum Gasteiger partial charge on any atom is 0.338 e. The van der Waals surface area contributed by atoms with Crippen molar-refractivity contribution in [3.05, 3.63) is 23.7 Å². The third-order valence-corrected chi connectivity index (χ3v) is 4.57. The Kier molecular flexibility index (Phi) is 6.29. The van der Waals surface area contributed by atoms with Crippen molar-refractivity contribution in [2.24, 2.45) is 0 Å². The third kappa shape index (κ3) is 4.35. The van der Waals surface area contributed by atoms with E-state index in [0.29, 0.717) is 19.0 Å². The van der Waals surface area contributed by atoms with Gasteiger partial charge in [0.1, 0.15) is 11.9 Å². The highest BCUT2D eigenvalue weighted by Crippen LogP contribution is 2.51. The van der Waals surface area contributed by atoms with E-state index in [4.69, 9.17) is 13.5 Å². The summed E-state index contributed by atoms with van der Waals surface area (Å²) in [6, 6.07) is 3.17. The fourth-order valence-electron chi connectivity index (χ4n) is 1.39. The second-order valence-corrected chi connectivity index (χ2v) is 6.04. The van der Waals surface area contributed by atoms with Crippen LogP contribution < -0.4 is 0 Å². The molecule has 0 N–H and O–H groups in total. The molecule has 102 valence electrons. The van der Waals surface area contributed by atoms with Crippen molar-refractivity contribution in [3.8, 4) is 0 Å². The minimum Gasteiger partial charge on any atom is -0.457 e. The monoisotopic (exact) mass is 338 g/mol. The van der Waals surface area contributed by atoms with Gasteiger partial charge in [-0.1, -0.05) is 15.9 Å². The lowest BCUT2D eigenvalue weighted by atomic mass is 10.3. The van der Waals surface area contributed by atoms with E-state index in [0.717, 1.165) is 0 Å². The normalized spacial score (nSPS) is 11.7. The SMILES string of the molecule is CCOP(=O)(Cc1ccc(C(=O)CBr)o1)OCC. The van der Waals surface area contributed by atoms with Crippen molar-refractivity contribution in [1.29, 1.82) is 0 Å². The summed E-state index contributed by atoms with van der Waals surface area (Å²) in [5.74, 6) is 0.495.